The molecule has 4 rings (SSSR count). The molecule has 0 N–H and O–H groups in total. The number of aromatic nitrogens is 2. The van der Waals surface area contributed by atoms with E-state index in [1.807, 2.05) is 24.3 Å². The number of sulfonamides is 1. The van der Waals surface area contributed by atoms with Gasteiger partial charge in [-0.3, -0.25) is 14.1 Å². The van der Waals surface area contributed by atoms with E-state index in [9.17, 15) is 13.2 Å². The molecule has 0 bridgehead atoms. The standard InChI is InChI=1S/C23H24N4O4S/c1-26(2)23(28)18-6-4-17(5-7-18)19-8-9-20(24-15-19)12-16-13-21-22(25-14-16)31-11-10-27(21)32(3,29)30/h4-9,13-15H,10-12H2,1-3H3. The Morgan fingerprint density at radius 3 is 2.41 bits per heavy atom. The lowest BCUT2D eigenvalue weighted by Crippen LogP contribution is -2.37. The SMILES string of the molecule is CN(C)C(=O)c1ccc(-c2ccc(Cc3cnc4c(c3)N(S(C)(=O)=O)CCO4)nc2)cc1. The number of anilines is 1. The van der Waals surface area contributed by atoms with Crippen LogP contribution in [0.25, 0.3) is 11.1 Å². The van der Waals surface area contributed by atoms with Crippen molar-refractivity contribution in [2.45, 2.75) is 6.42 Å². The average Bonchev–Trinajstić information content (AvgIpc) is 2.78. The van der Waals surface area contributed by atoms with Crippen LogP contribution in [0.5, 0.6) is 5.88 Å². The van der Waals surface area contributed by atoms with Crippen LogP contribution in [0.4, 0.5) is 5.69 Å². The number of hydrogen-bond acceptors (Lipinski definition) is 6. The van der Waals surface area contributed by atoms with Gasteiger partial charge in [0, 0.05) is 49.7 Å². The summed E-state index contributed by atoms with van der Waals surface area (Å²) in [4.78, 5) is 22.4. The van der Waals surface area contributed by atoms with Crippen molar-refractivity contribution in [1.82, 2.24) is 14.9 Å². The van der Waals surface area contributed by atoms with Crippen LogP contribution in [-0.4, -0.2) is 62.7 Å². The zero-order valence-electron chi connectivity index (χ0n) is 18.1. The summed E-state index contributed by atoms with van der Waals surface area (Å²) in [6.07, 6.45) is 5.16. The molecule has 8 nitrogen and oxygen atoms in total. The Kier molecular flexibility index (Phi) is 5.84. The largest absolute Gasteiger partial charge is 0.474 e. The van der Waals surface area contributed by atoms with E-state index in [1.54, 1.807) is 49.6 Å². The third kappa shape index (κ3) is 4.57. The van der Waals surface area contributed by atoms with Crippen LogP contribution >= 0.6 is 0 Å². The number of benzene rings is 1. The zero-order valence-corrected chi connectivity index (χ0v) is 19.0. The van der Waals surface area contributed by atoms with Crippen LogP contribution in [-0.2, 0) is 16.4 Å². The van der Waals surface area contributed by atoms with Crippen LogP contribution in [0, 0.1) is 0 Å². The van der Waals surface area contributed by atoms with Crippen molar-refractivity contribution in [1.29, 1.82) is 0 Å². The molecule has 0 saturated heterocycles. The first-order valence-corrected chi connectivity index (χ1v) is 11.9. The molecular weight excluding hydrogens is 428 g/mol. The molecule has 2 aromatic heterocycles. The smallest absolute Gasteiger partial charge is 0.253 e. The molecule has 1 amide bonds. The highest BCUT2D eigenvalue weighted by Crippen LogP contribution is 2.32. The van der Waals surface area contributed by atoms with Gasteiger partial charge in [-0.2, -0.15) is 0 Å². The van der Waals surface area contributed by atoms with Gasteiger partial charge >= 0.3 is 0 Å². The number of pyridine rings is 2. The van der Waals surface area contributed by atoms with E-state index in [2.05, 4.69) is 9.97 Å². The van der Waals surface area contributed by atoms with Gasteiger partial charge in [0.25, 0.3) is 5.91 Å². The molecular formula is C23H24N4O4S. The number of rotatable bonds is 5. The van der Waals surface area contributed by atoms with Crippen molar-refractivity contribution in [3.05, 3.63) is 71.7 Å². The third-order valence-corrected chi connectivity index (χ3v) is 6.35. The molecule has 0 aliphatic carbocycles. The van der Waals surface area contributed by atoms with Crippen molar-refractivity contribution in [3.63, 3.8) is 0 Å². The fraction of sp³-hybridized carbons (Fsp3) is 0.261. The second-order valence-electron chi connectivity index (χ2n) is 7.84. The Morgan fingerprint density at radius 1 is 1.06 bits per heavy atom. The maximum atomic E-state index is 12.1. The van der Waals surface area contributed by atoms with Gasteiger partial charge in [0.15, 0.2) is 0 Å². The summed E-state index contributed by atoms with van der Waals surface area (Å²) in [7, 11) is 0.0452. The molecule has 0 atom stereocenters. The van der Waals surface area contributed by atoms with Crippen molar-refractivity contribution in [2.75, 3.05) is 37.8 Å². The lowest BCUT2D eigenvalue weighted by Gasteiger charge is -2.28. The van der Waals surface area contributed by atoms with Crippen molar-refractivity contribution in [3.8, 4) is 17.0 Å². The van der Waals surface area contributed by atoms with Gasteiger partial charge < -0.3 is 9.64 Å². The summed E-state index contributed by atoms with van der Waals surface area (Å²) in [6, 6.07) is 13.1. The van der Waals surface area contributed by atoms with Crippen molar-refractivity contribution < 1.29 is 17.9 Å². The second-order valence-corrected chi connectivity index (χ2v) is 9.75. The second kappa shape index (κ2) is 8.58. The van der Waals surface area contributed by atoms with Gasteiger partial charge in [-0.05, 0) is 35.4 Å². The molecule has 0 spiro atoms. The van der Waals surface area contributed by atoms with Gasteiger partial charge in [-0.1, -0.05) is 18.2 Å². The normalized spacial score (nSPS) is 13.3. The number of fused-ring (bicyclic) bond motifs is 1. The van der Waals surface area contributed by atoms with Crippen LogP contribution in [0.15, 0.2) is 54.9 Å². The molecule has 3 heterocycles. The Labute approximate surface area is 187 Å². The first-order valence-electron chi connectivity index (χ1n) is 10.1. The van der Waals surface area contributed by atoms with Gasteiger partial charge in [0.1, 0.15) is 12.3 Å². The molecule has 0 unspecified atom stereocenters. The van der Waals surface area contributed by atoms with Crippen molar-refractivity contribution >= 4 is 21.6 Å². The summed E-state index contributed by atoms with van der Waals surface area (Å²) in [5.74, 6) is 0.286. The van der Waals surface area contributed by atoms with E-state index in [1.165, 1.54) is 10.6 Å². The van der Waals surface area contributed by atoms with Gasteiger partial charge in [0.2, 0.25) is 15.9 Å². The van der Waals surface area contributed by atoms with Crippen LogP contribution in [0.3, 0.4) is 0 Å². The number of hydrogen-bond donors (Lipinski definition) is 0. The molecule has 0 radical (unpaired) electrons. The van der Waals surface area contributed by atoms with Crippen molar-refractivity contribution in [2.24, 2.45) is 0 Å². The van der Waals surface area contributed by atoms with E-state index in [0.717, 1.165) is 22.4 Å². The number of carbonyl (C=O) groups excluding carboxylic acids is 1. The summed E-state index contributed by atoms with van der Waals surface area (Å²) < 4.78 is 31.0. The summed E-state index contributed by atoms with van der Waals surface area (Å²) >= 11 is 0. The van der Waals surface area contributed by atoms with E-state index in [-0.39, 0.29) is 19.1 Å². The van der Waals surface area contributed by atoms with Gasteiger partial charge in [-0.25, -0.2) is 13.4 Å². The predicted molar refractivity (Wildman–Crippen MR) is 122 cm³/mol. The number of nitrogens with zero attached hydrogens (tertiary/aromatic N) is 4. The minimum Gasteiger partial charge on any atom is -0.474 e. The highest BCUT2D eigenvalue weighted by molar-refractivity contribution is 7.92. The van der Waals surface area contributed by atoms with Gasteiger partial charge in [0.05, 0.1) is 12.8 Å². The van der Waals surface area contributed by atoms with Crippen LogP contribution < -0.4 is 9.04 Å². The summed E-state index contributed by atoms with van der Waals surface area (Å²) in [5.41, 5.74) is 4.68. The number of ether oxygens (including phenoxy) is 1. The van der Waals surface area contributed by atoms with E-state index in [4.69, 9.17) is 4.74 Å². The third-order valence-electron chi connectivity index (χ3n) is 5.17. The molecule has 166 valence electrons. The molecule has 3 aromatic rings. The van der Waals surface area contributed by atoms with Crippen LogP contribution in [0.1, 0.15) is 21.6 Å². The molecule has 0 saturated carbocycles. The highest BCUT2D eigenvalue weighted by atomic mass is 32.2. The van der Waals surface area contributed by atoms with Crippen LogP contribution in [0.2, 0.25) is 0 Å². The lowest BCUT2D eigenvalue weighted by atomic mass is 10.0. The molecule has 9 heteroatoms. The molecule has 1 aliphatic rings. The fourth-order valence-corrected chi connectivity index (χ4v) is 4.43. The first kappa shape index (κ1) is 21.8. The average molecular weight is 453 g/mol. The quantitative estimate of drug-likeness (QED) is 0.591. The topological polar surface area (TPSA) is 92.7 Å². The lowest BCUT2D eigenvalue weighted by molar-refractivity contribution is 0.0827. The summed E-state index contributed by atoms with van der Waals surface area (Å²) in [5, 5.41) is 0. The Bertz CT molecular complexity index is 1240. The maximum absolute atomic E-state index is 12.1. The maximum Gasteiger partial charge on any atom is 0.253 e. The Morgan fingerprint density at radius 2 is 1.78 bits per heavy atom. The monoisotopic (exact) mass is 452 g/mol. The van der Waals surface area contributed by atoms with E-state index < -0.39 is 10.0 Å². The molecule has 32 heavy (non-hydrogen) atoms. The zero-order chi connectivity index (χ0) is 22.9. The predicted octanol–water partition coefficient (Wildman–Crippen LogP) is 2.59. The minimum atomic E-state index is -3.40. The first-order chi connectivity index (χ1) is 15.2. The Balaban J connectivity index is 1.52. The molecule has 1 aromatic carbocycles. The van der Waals surface area contributed by atoms with E-state index >= 15 is 0 Å². The fourth-order valence-electron chi connectivity index (χ4n) is 3.53. The molecule has 0 fully saturated rings. The molecule has 1 aliphatic heterocycles. The summed E-state index contributed by atoms with van der Waals surface area (Å²) in [6.45, 7) is 0.544. The van der Waals surface area contributed by atoms with E-state index in [0.29, 0.717) is 23.6 Å². The number of amides is 1. The highest BCUT2D eigenvalue weighted by Gasteiger charge is 2.26. The number of carbonyl (C=O) groups is 1. The minimum absolute atomic E-state index is 0.0384. The Hall–Kier alpha value is -3.46. The van der Waals surface area contributed by atoms with Gasteiger partial charge in [-0.15, -0.1) is 0 Å².